The number of carbonyl (C=O) groups excluding carboxylic acids is 2. The molecule has 0 bridgehead atoms. The van der Waals surface area contributed by atoms with E-state index in [2.05, 4.69) is 10.3 Å². The minimum Gasteiger partial charge on any atom is -0.445 e. The van der Waals surface area contributed by atoms with Crippen LogP contribution in [0.4, 0.5) is 5.69 Å². The molecule has 0 radical (unpaired) electrons. The van der Waals surface area contributed by atoms with E-state index in [0.717, 1.165) is 21.8 Å². The molecule has 1 aromatic heterocycles. The minimum absolute atomic E-state index is 0.337. The molecule has 3 aromatic rings. The number of amides is 1. The van der Waals surface area contributed by atoms with Crippen LogP contribution in [0.2, 0.25) is 0 Å². The molecular weight excluding hydrogens is 384 g/mol. The van der Waals surface area contributed by atoms with Gasteiger partial charge in [0.1, 0.15) is 0 Å². The molecule has 2 aromatic carbocycles. The average molecular weight is 404 g/mol. The zero-order valence-electron chi connectivity index (χ0n) is 15.9. The summed E-state index contributed by atoms with van der Waals surface area (Å²) in [6.45, 7) is 1.65. The molecule has 2 heterocycles. The van der Waals surface area contributed by atoms with Gasteiger partial charge in [-0.2, -0.15) is 0 Å². The number of rotatable bonds is 5. The lowest BCUT2D eigenvalue weighted by atomic mass is 9.89. The fourth-order valence-corrected chi connectivity index (χ4v) is 4.04. The molecule has 1 N–H and O–H groups in total. The normalized spacial score (nSPS) is 17.9. The van der Waals surface area contributed by atoms with Crippen molar-refractivity contribution >= 4 is 29.3 Å². The summed E-state index contributed by atoms with van der Waals surface area (Å²) in [6.07, 6.45) is 3.96. The molecule has 0 spiro atoms. The van der Waals surface area contributed by atoms with Crippen molar-refractivity contribution in [3.8, 4) is 0 Å². The first kappa shape index (κ1) is 19.2. The Bertz CT molecular complexity index is 1040. The Labute approximate surface area is 173 Å². The highest BCUT2D eigenvalue weighted by Gasteiger charge is 2.42. The molecular formula is C23H20N2O3S. The molecule has 0 aliphatic carbocycles. The second-order valence-electron chi connectivity index (χ2n) is 7.08. The van der Waals surface area contributed by atoms with Gasteiger partial charge in [0.05, 0.1) is 5.56 Å². The van der Waals surface area contributed by atoms with Crippen molar-refractivity contribution in [3.63, 3.8) is 0 Å². The van der Waals surface area contributed by atoms with Crippen LogP contribution in [0.25, 0.3) is 0 Å². The van der Waals surface area contributed by atoms with Crippen molar-refractivity contribution < 1.29 is 14.3 Å². The summed E-state index contributed by atoms with van der Waals surface area (Å²) < 4.78 is 5.48. The number of pyridine rings is 1. The number of ether oxygens (including phenoxy) is 1. The molecule has 1 amide bonds. The van der Waals surface area contributed by atoms with Gasteiger partial charge in [-0.1, -0.05) is 24.3 Å². The number of hydrogen-bond donors (Lipinski definition) is 1. The summed E-state index contributed by atoms with van der Waals surface area (Å²) in [5.41, 5.74) is 1.93. The molecule has 6 heteroatoms. The van der Waals surface area contributed by atoms with Crippen LogP contribution in [0.15, 0.2) is 78.0 Å². The molecule has 146 valence electrons. The maximum atomic E-state index is 12.8. The first-order valence-corrected chi connectivity index (χ1v) is 10.3. The number of hydrogen-bond acceptors (Lipinski definition) is 5. The quantitative estimate of drug-likeness (QED) is 0.501. The molecule has 0 saturated heterocycles. The van der Waals surface area contributed by atoms with Crippen LogP contribution in [0.1, 0.15) is 28.4 Å². The fourth-order valence-electron chi connectivity index (χ4n) is 3.21. The van der Waals surface area contributed by atoms with E-state index in [4.69, 9.17) is 4.74 Å². The number of fused-ring (bicyclic) bond motifs is 1. The number of aromatic nitrogens is 1. The molecule has 5 nitrogen and oxygen atoms in total. The van der Waals surface area contributed by atoms with Crippen LogP contribution in [0.5, 0.6) is 0 Å². The lowest BCUT2D eigenvalue weighted by molar-refractivity contribution is -0.134. The van der Waals surface area contributed by atoms with Gasteiger partial charge in [-0.15, -0.1) is 11.8 Å². The summed E-state index contributed by atoms with van der Waals surface area (Å²) >= 11 is 1.70. The maximum Gasteiger partial charge on any atom is 0.339 e. The second kappa shape index (κ2) is 8.09. The van der Waals surface area contributed by atoms with Crippen LogP contribution >= 0.6 is 11.8 Å². The smallest absolute Gasteiger partial charge is 0.339 e. The largest absolute Gasteiger partial charge is 0.445 e. The zero-order valence-corrected chi connectivity index (χ0v) is 16.7. The van der Waals surface area contributed by atoms with Gasteiger partial charge < -0.3 is 10.1 Å². The number of anilines is 1. The highest BCUT2D eigenvalue weighted by Crippen LogP contribution is 2.30. The first-order chi connectivity index (χ1) is 14.0. The fraction of sp³-hybridized carbons (Fsp3) is 0.174. The number of benzene rings is 2. The Morgan fingerprint density at radius 2 is 1.93 bits per heavy atom. The molecule has 29 heavy (non-hydrogen) atoms. The SMILES string of the molecule is CC1(C(=O)Nc2ccc(SCc3cccnc3)cc2)Cc2ccccc2C(=O)O1. The van der Waals surface area contributed by atoms with Gasteiger partial charge in [-0.05, 0) is 54.4 Å². The van der Waals surface area contributed by atoms with Crippen molar-refractivity contribution in [3.05, 3.63) is 89.7 Å². The second-order valence-corrected chi connectivity index (χ2v) is 8.13. The minimum atomic E-state index is -1.24. The Balaban J connectivity index is 1.40. The maximum absolute atomic E-state index is 12.8. The third-order valence-corrected chi connectivity index (χ3v) is 5.89. The third kappa shape index (κ3) is 4.32. The zero-order chi connectivity index (χ0) is 20.3. The molecule has 1 aliphatic rings. The van der Waals surface area contributed by atoms with Crippen molar-refractivity contribution in [2.24, 2.45) is 0 Å². The molecule has 4 rings (SSSR count). The van der Waals surface area contributed by atoms with E-state index in [-0.39, 0.29) is 5.91 Å². The predicted octanol–water partition coefficient (Wildman–Crippen LogP) is 4.48. The molecule has 1 unspecified atom stereocenters. The average Bonchev–Trinajstić information content (AvgIpc) is 2.74. The van der Waals surface area contributed by atoms with E-state index in [1.54, 1.807) is 37.0 Å². The summed E-state index contributed by atoms with van der Waals surface area (Å²) in [5.74, 6) is 0.0234. The summed E-state index contributed by atoms with van der Waals surface area (Å²) in [5, 5.41) is 2.87. The number of thioether (sulfide) groups is 1. The van der Waals surface area contributed by atoms with Gasteiger partial charge in [0.15, 0.2) is 5.60 Å². The third-order valence-electron chi connectivity index (χ3n) is 4.80. The van der Waals surface area contributed by atoms with Gasteiger partial charge in [-0.25, -0.2) is 4.79 Å². The number of nitrogens with one attached hydrogen (secondary N) is 1. The lowest BCUT2D eigenvalue weighted by Crippen LogP contribution is -2.48. The Kier molecular flexibility index (Phi) is 5.36. The van der Waals surface area contributed by atoms with Gasteiger partial charge in [0.2, 0.25) is 0 Å². The molecule has 1 aliphatic heterocycles. The van der Waals surface area contributed by atoms with Crippen molar-refractivity contribution in [2.75, 3.05) is 5.32 Å². The van der Waals surface area contributed by atoms with E-state index >= 15 is 0 Å². The Morgan fingerprint density at radius 1 is 1.14 bits per heavy atom. The highest BCUT2D eigenvalue weighted by atomic mass is 32.2. The van der Waals surface area contributed by atoms with Crippen LogP contribution in [0.3, 0.4) is 0 Å². The van der Waals surface area contributed by atoms with Gasteiger partial charge in [0, 0.05) is 35.2 Å². The highest BCUT2D eigenvalue weighted by molar-refractivity contribution is 7.98. The number of esters is 1. The van der Waals surface area contributed by atoms with E-state index in [1.165, 1.54) is 0 Å². The van der Waals surface area contributed by atoms with Crippen LogP contribution < -0.4 is 5.32 Å². The van der Waals surface area contributed by atoms with Crippen molar-refractivity contribution in [1.29, 1.82) is 0 Å². The summed E-state index contributed by atoms with van der Waals surface area (Å²) in [6, 6.07) is 18.8. The van der Waals surface area contributed by atoms with Crippen molar-refractivity contribution in [2.45, 2.75) is 29.6 Å². The van der Waals surface area contributed by atoms with Crippen LogP contribution in [-0.4, -0.2) is 22.5 Å². The lowest BCUT2D eigenvalue weighted by Gasteiger charge is -2.33. The van der Waals surface area contributed by atoms with E-state index in [1.807, 2.05) is 54.7 Å². The first-order valence-electron chi connectivity index (χ1n) is 9.28. The summed E-state index contributed by atoms with van der Waals surface area (Å²) in [4.78, 5) is 30.3. The monoisotopic (exact) mass is 404 g/mol. The van der Waals surface area contributed by atoms with Gasteiger partial charge in [0.25, 0.3) is 5.91 Å². The van der Waals surface area contributed by atoms with E-state index in [0.29, 0.717) is 17.7 Å². The van der Waals surface area contributed by atoms with Crippen molar-refractivity contribution in [1.82, 2.24) is 4.98 Å². The topological polar surface area (TPSA) is 68.3 Å². The van der Waals surface area contributed by atoms with Gasteiger partial charge >= 0.3 is 5.97 Å². The molecule has 0 saturated carbocycles. The Hall–Kier alpha value is -3.12. The van der Waals surface area contributed by atoms with E-state index in [9.17, 15) is 9.59 Å². The van der Waals surface area contributed by atoms with Crippen LogP contribution in [0, 0.1) is 0 Å². The molecule has 1 atom stereocenters. The number of cyclic esters (lactones) is 1. The standard InChI is InChI=1S/C23H20N2O3S/c1-23(13-17-6-2-3-7-20(17)21(26)28-23)22(27)25-18-8-10-19(11-9-18)29-15-16-5-4-12-24-14-16/h2-12,14H,13,15H2,1H3,(H,25,27). The van der Waals surface area contributed by atoms with Crippen LogP contribution in [-0.2, 0) is 21.7 Å². The molecule has 0 fully saturated rings. The van der Waals surface area contributed by atoms with Gasteiger partial charge in [-0.3, -0.25) is 9.78 Å². The number of nitrogens with zero attached hydrogens (tertiary/aromatic N) is 1. The predicted molar refractivity (Wildman–Crippen MR) is 113 cm³/mol. The summed E-state index contributed by atoms with van der Waals surface area (Å²) in [7, 11) is 0. The van der Waals surface area contributed by atoms with E-state index < -0.39 is 11.6 Å². The Morgan fingerprint density at radius 3 is 2.69 bits per heavy atom. The number of carbonyl (C=O) groups is 2.